The number of pyridine rings is 1. The summed E-state index contributed by atoms with van der Waals surface area (Å²) in [5, 5.41) is 7.10. The van der Waals surface area contributed by atoms with Crippen LogP contribution in [0.5, 0.6) is 0 Å². The maximum Gasteiger partial charge on any atom is 0.257 e. The first-order chi connectivity index (χ1) is 14.6. The number of rotatable bonds is 4. The minimum Gasteiger partial charge on any atom is -0.397 e. The number of amides is 1. The van der Waals surface area contributed by atoms with Crippen molar-refractivity contribution < 1.29 is 9.18 Å². The van der Waals surface area contributed by atoms with E-state index in [1.54, 1.807) is 6.20 Å². The van der Waals surface area contributed by atoms with Gasteiger partial charge in [0.05, 0.1) is 22.5 Å². The molecule has 154 valence electrons. The number of piperazine rings is 1. The number of nitrogens with two attached hydrogens (primary N) is 1. The maximum atomic E-state index is 13.2. The van der Waals surface area contributed by atoms with E-state index in [9.17, 15) is 9.18 Å². The molecule has 30 heavy (non-hydrogen) atoms. The molecule has 0 bridgehead atoms. The Bertz CT molecular complexity index is 1120. The molecule has 1 saturated heterocycles. The molecule has 2 aliphatic rings. The van der Waals surface area contributed by atoms with Crippen molar-refractivity contribution in [3.05, 3.63) is 59.5 Å². The average Bonchev–Trinajstić information content (AvgIpc) is 3.60. The van der Waals surface area contributed by atoms with Crippen LogP contribution in [0.1, 0.15) is 34.7 Å². The highest BCUT2D eigenvalue weighted by Gasteiger charge is 2.31. The number of halogens is 1. The lowest BCUT2D eigenvalue weighted by Gasteiger charge is -2.31. The Labute approximate surface area is 174 Å². The zero-order chi connectivity index (χ0) is 20.7. The summed E-state index contributed by atoms with van der Waals surface area (Å²) >= 11 is 0. The van der Waals surface area contributed by atoms with Crippen molar-refractivity contribution in [1.29, 1.82) is 0 Å². The van der Waals surface area contributed by atoms with Gasteiger partial charge in [-0.3, -0.25) is 9.78 Å². The topological polar surface area (TPSA) is 83.3 Å². The molecule has 1 aromatic heterocycles. The Morgan fingerprint density at radius 2 is 1.97 bits per heavy atom. The van der Waals surface area contributed by atoms with E-state index in [4.69, 9.17) is 10.7 Å². The molecule has 0 spiro atoms. The molecule has 7 heteroatoms. The Morgan fingerprint density at radius 1 is 1.17 bits per heavy atom. The minimum absolute atomic E-state index is 0.189. The van der Waals surface area contributed by atoms with Gasteiger partial charge in [0.1, 0.15) is 5.82 Å². The minimum atomic E-state index is -0.439. The van der Waals surface area contributed by atoms with Gasteiger partial charge in [-0.25, -0.2) is 4.39 Å². The first kappa shape index (κ1) is 18.8. The second-order valence-corrected chi connectivity index (χ2v) is 7.99. The maximum absolute atomic E-state index is 13.2. The van der Waals surface area contributed by atoms with E-state index in [0.717, 1.165) is 37.1 Å². The summed E-state index contributed by atoms with van der Waals surface area (Å²) in [7, 11) is 0. The highest BCUT2D eigenvalue weighted by Crippen LogP contribution is 2.47. The Morgan fingerprint density at radius 3 is 2.70 bits per heavy atom. The number of aromatic nitrogens is 1. The van der Waals surface area contributed by atoms with Gasteiger partial charge in [-0.05, 0) is 49.1 Å². The summed E-state index contributed by atoms with van der Waals surface area (Å²) in [6, 6.07) is 10.0. The Hall–Kier alpha value is -3.19. The van der Waals surface area contributed by atoms with Crippen LogP contribution in [-0.4, -0.2) is 37.1 Å². The van der Waals surface area contributed by atoms with Crippen LogP contribution in [0, 0.1) is 5.82 Å². The Kier molecular flexibility index (Phi) is 4.75. The van der Waals surface area contributed by atoms with Gasteiger partial charge in [0.15, 0.2) is 0 Å². The van der Waals surface area contributed by atoms with Crippen LogP contribution in [0.2, 0.25) is 0 Å². The number of fused-ring (bicyclic) bond motifs is 1. The fourth-order valence-electron chi connectivity index (χ4n) is 4.14. The smallest absolute Gasteiger partial charge is 0.257 e. The summed E-state index contributed by atoms with van der Waals surface area (Å²) in [6.07, 6.45) is 3.99. The molecule has 4 N–H and O–H groups in total. The highest BCUT2D eigenvalue weighted by atomic mass is 19.1. The zero-order valence-corrected chi connectivity index (χ0v) is 16.6. The van der Waals surface area contributed by atoms with Crippen molar-refractivity contribution in [2.45, 2.75) is 18.8 Å². The third kappa shape index (κ3) is 3.57. The van der Waals surface area contributed by atoms with Gasteiger partial charge in [0.25, 0.3) is 5.91 Å². The van der Waals surface area contributed by atoms with E-state index in [1.807, 2.05) is 6.07 Å². The predicted molar refractivity (Wildman–Crippen MR) is 118 cm³/mol. The molecule has 2 fully saturated rings. The number of hydrogen-bond acceptors (Lipinski definition) is 5. The Balaban J connectivity index is 1.47. The lowest BCUT2D eigenvalue weighted by molar-refractivity contribution is 0.102. The molecule has 1 aliphatic heterocycles. The lowest BCUT2D eigenvalue weighted by Crippen LogP contribution is -2.43. The average molecular weight is 405 g/mol. The molecule has 6 nitrogen and oxygen atoms in total. The number of nitrogens with zero attached hydrogens (tertiary/aromatic N) is 2. The highest BCUT2D eigenvalue weighted by molar-refractivity contribution is 6.07. The first-order valence-electron chi connectivity index (χ1n) is 10.3. The van der Waals surface area contributed by atoms with Gasteiger partial charge in [-0.1, -0.05) is 6.07 Å². The molecule has 5 rings (SSSR count). The van der Waals surface area contributed by atoms with Gasteiger partial charge in [-0.15, -0.1) is 0 Å². The van der Waals surface area contributed by atoms with E-state index in [0.29, 0.717) is 17.2 Å². The molecule has 0 atom stereocenters. The van der Waals surface area contributed by atoms with Gasteiger partial charge >= 0.3 is 0 Å². The van der Waals surface area contributed by atoms with E-state index in [2.05, 4.69) is 27.7 Å². The normalized spacial score (nSPS) is 16.6. The fourth-order valence-corrected chi connectivity index (χ4v) is 4.14. The van der Waals surface area contributed by atoms with Gasteiger partial charge in [0.2, 0.25) is 0 Å². The molecular formula is C23H24FN5O. The van der Waals surface area contributed by atoms with Gasteiger partial charge < -0.3 is 21.3 Å². The van der Waals surface area contributed by atoms with Crippen molar-refractivity contribution in [3.63, 3.8) is 0 Å². The summed E-state index contributed by atoms with van der Waals surface area (Å²) < 4.78 is 13.2. The zero-order valence-electron chi connectivity index (χ0n) is 16.6. The van der Waals surface area contributed by atoms with Crippen LogP contribution in [0.25, 0.3) is 10.9 Å². The van der Waals surface area contributed by atoms with Crippen LogP contribution in [0.3, 0.4) is 0 Å². The van der Waals surface area contributed by atoms with Crippen LogP contribution in [0.15, 0.2) is 42.6 Å². The predicted octanol–water partition coefficient (Wildman–Crippen LogP) is 3.50. The molecule has 1 saturated carbocycles. The molecule has 1 aliphatic carbocycles. The first-order valence-corrected chi connectivity index (χ1v) is 10.3. The summed E-state index contributed by atoms with van der Waals surface area (Å²) in [5.41, 5.74) is 10.4. The van der Waals surface area contributed by atoms with E-state index in [-0.39, 0.29) is 11.6 Å². The quantitative estimate of drug-likeness (QED) is 0.579. The molecule has 3 aromatic rings. The fraction of sp³-hybridized carbons (Fsp3) is 0.304. The van der Waals surface area contributed by atoms with Crippen LogP contribution >= 0.6 is 0 Å². The van der Waals surface area contributed by atoms with Crippen molar-refractivity contribution in [2.24, 2.45) is 0 Å². The SMILES string of the molecule is Nc1cc(F)ccc1NC(=O)c1cnc2c(C3CC3)c(N3CCNCC3)ccc2c1. The second-order valence-electron chi connectivity index (χ2n) is 7.99. The monoisotopic (exact) mass is 405 g/mol. The standard InChI is InChI=1S/C23H24FN5O/c24-17-4-5-19(18(25)12-17)28-23(30)16-11-15-3-6-20(29-9-7-26-8-10-29)21(14-1-2-14)22(15)27-13-16/h3-6,11-14,26H,1-2,7-10,25H2,(H,28,30). The molecule has 2 aromatic carbocycles. The van der Waals surface area contributed by atoms with E-state index >= 15 is 0 Å². The third-order valence-corrected chi connectivity index (χ3v) is 5.84. The number of carbonyl (C=O) groups is 1. The number of benzene rings is 2. The number of hydrogen-bond donors (Lipinski definition) is 3. The lowest BCUT2D eigenvalue weighted by atomic mass is 10.0. The second kappa shape index (κ2) is 7.57. The van der Waals surface area contributed by atoms with E-state index in [1.165, 1.54) is 42.3 Å². The van der Waals surface area contributed by atoms with E-state index < -0.39 is 5.82 Å². The number of nitrogen functional groups attached to an aromatic ring is 1. The molecule has 0 unspecified atom stereocenters. The summed E-state index contributed by atoms with van der Waals surface area (Å²) in [5.74, 6) is -0.211. The van der Waals surface area contributed by atoms with Crippen molar-refractivity contribution in [1.82, 2.24) is 10.3 Å². The van der Waals surface area contributed by atoms with Gasteiger partial charge in [-0.2, -0.15) is 0 Å². The van der Waals surface area contributed by atoms with Gasteiger partial charge in [0, 0.05) is 49.0 Å². The van der Waals surface area contributed by atoms with Crippen LogP contribution in [0.4, 0.5) is 21.5 Å². The molecule has 1 amide bonds. The van der Waals surface area contributed by atoms with Crippen LogP contribution in [-0.2, 0) is 0 Å². The van der Waals surface area contributed by atoms with Crippen LogP contribution < -0.4 is 21.3 Å². The summed E-state index contributed by atoms with van der Waals surface area (Å²) in [6.45, 7) is 3.96. The number of carbonyl (C=O) groups excluding carboxylic acids is 1. The molecular weight excluding hydrogens is 381 g/mol. The number of anilines is 3. The third-order valence-electron chi connectivity index (χ3n) is 5.84. The van der Waals surface area contributed by atoms with Crippen molar-refractivity contribution in [2.75, 3.05) is 42.1 Å². The largest absolute Gasteiger partial charge is 0.397 e. The van der Waals surface area contributed by atoms with Crippen molar-refractivity contribution >= 4 is 33.9 Å². The molecule has 2 heterocycles. The summed E-state index contributed by atoms with van der Waals surface area (Å²) in [4.78, 5) is 19.9. The number of nitrogens with one attached hydrogen (secondary N) is 2. The molecule has 0 radical (unpaired) electrons. The van der Waals surface area contributed by atoms with Crippen molar-refractivity contribution in [3.8, 4) is 0 Å².